The van der Waals surface area contributed by atoms with Crippen LogP contribution in [0.2, 0.25) is 0 Å². The number of ether oxygens (including phenoxy) is 1. The van der Waals surface area contributed by atoms with Crippen molar-refractivity contribution in [1.29, 1.82) is 0 Å². The van der Waals surface area contributed by atoms with E-state index in [0.717, 1.165) is 4.90 Å². The zero-order valence-electron chi connectivity index (χ0n) is 14.2. The average Bonchev–Trinajstić information content (AvgIpc) is 2.89. The predicted octanol–water partition coefficient (Wildman–Crippen LogP) is 3.20. The number of nitrogens with zero attached hydrogens (tertiary/aromatic N) is 1. The molecule has 0 radical (unpaired) electrons. The first kappa shape index (κ1) is 17.8. The number of halogens is 2. The van der Waals surface area contributed by atoms with Crippen molar-refractivity contribution in [3.63, 3.8) is 0 Å². The van der Waals surface area contributed by atoms with Crippen LogP contribution in [0.1, 0.15) is 18.9 Å². The van der Waals surface area contributed by atoms with Gasteiger partial charge in [-0.15, -0.1) is 0 Å². The van der Waals surface area contributed by atoms with Gasteiger partial charge in [0.1, 0.15) is 29.5 Å². The molecule has 0 aliphatic carbocycles. The molecule has 3 amide bonds. The van der Waals surface area contributed by atoms with Crippen LogP contribution in [0.5, 0.6) is 5.75 Å². The smallest absolute Gasteiger partial charge is 0.325 e. The molecule has 136 valence electrons. The Morgan fingerprint density at radius 3 is 2.15 bits per heavy atom. The molecule has 2 aromatic rings. The fraction of sp³-hybridized carbons (Fsp3) is 0.263. The number of carbonyl (C=O) groups excluding carboxylic acids is 2. The molecule has 0 unspecified atom stereocenters. The predicted molar refractivity (Wildman–Crippen MR) is 90.5 cm³/mol. The van der Waals surface area contributed by atoms with E-state index in [9.17, 15) is 18.4 Å². The zero-order chi connectivity index (χ0) is 18.7. The third-order valence-electron chi connectivity index (χ3n) is 4.44. The number of rotatable bonds is 6. The Morgan fingerprint density at radius 2 is 1.58 bits per heavy atom. The summed E-state index contributed by atoms with van der Waals surface area (Å²) in [5.74, 6) is -0.752. The first-order chi connectivity index (χ1) is 12.5. The van der Waals surface area contributed by atoms with Crippen LogP contribution < -0.4 is 10.1 Å². The first-order valence-corrected chi connectivity index (χ1v) is 8.25. The number of hydrogen-bond acceptors (Lipinski definition) is 3. The van der Waals surface area contributed by atoms with Crippen molar-refractivity contribution < 1.29 is 23.1 Å². The van der Waals surface area contributed by atoms with Crippen molar-refractivity contribution in [2.24, 2.45) is 0 Å². The van der Waals surface area contributed by atoms with E-state index >= 15 is 0 Å². The van der Waals surface area contributed by atoms with Gasteiger partial charge in [-0.25, -0.2) is 13.6 Å². The molecule has 0 saturated carbocycles. The largest absolute Gasteiger partial charge is 0.492 e. The Kier molecular flexibility index (Phi) is 4.88. The van der Waals surface area contributed by atoms with Crippen LogP contribution in [0.25, 0.3) is 0 Å². The second-order valence-corrected chi connectivity index (χ2v) is 5.96. The van der Waals surface area contributed by atoms with Crippen LogP contribution in [-0.4, -0.2) is 30.0 Å². The monoisotopic (exact) mass is 360 g/mol. The molecule has 2 aromatic carbocycles. The lowest BCUT2D eigenvalue weighted by atomic mass is 9.87. The minimum atomic E-state index is -1.21. The fourth-order valence-corrected chi connectivity index (χ4v) is 2.99. The van der Waals surface area contributed by atoms with Crippen molar-refractivity contribution >= 4 is 11.9 Å². The van der Waals surface area contributed by atoms with Gasteiger partial charge in [-0.05, 0) is 48.4 Å². The highest BCUT2D eigenvalue weighted by Gasteiger charge is 2.51. The van der Waals surface area contributed by atoms with E-state index in [1.54, 1.807) is 6.92 Å². The van der Waals surface area contributed by atoms with Gasteiger partial charge in [0.2, 0.25) is 0 Å². The van der Waals surface area contributed by atoms with E-state index in [1.807, 2.05) is 0 Å². The third kappa shape index (κ3) is 3.24. The number of hydrogen-bond donors (Lipinski definition) is 1. The molecule has 0 spiro atoms. The Labute approximate surface area is 149 Å². The van der Waals surface area contributed by atoms with Gasteiger partial charge in [0.25, 0.3) is 5.91 Å². The second kappa shape index (κ2) is 7.11. The molecule has 1 saturated heterocycles. The van der Waals surface area contributed by atoms with Gasteiger partial charge in [-0.3, -0.25) is 9.69 Å². The van der Waals surface area contributed by atoms with Crippen molar-refractivity contribution in [2.45, 2.75) is 18.9 Å². The topological polar surface area (TPSA) is 58.6 Å². The summed E-state index contributed by atoms with van der Waals surface area (Å²) in [6, 6.07) is 10.4. The van der Waals surface area contributed by atoms with E-state index in [2.05, 4.69) is 5.32 Å². The molecular weight excluding hydrogens is 342 g/mol. The maximum atomic E-state index is 13.2. The number of carbonyl (C=O) groups is 2. The second-order valence-electron chi connectivity index (χ2n) is 5.96. The summed E-state index contributed by atoms with van der Waals surface area (Å²) in [5.41, 5.74) is -0.678. The summed E-state index contributed by atoms with van der Waals surface area (Å²) < 4.78 is 31.5. The van der Waals surface area contributed by atoms with Gasteiger partial charge in [0.15, 0.2) is 0 Å². The molecule has 1 atom stereocenters. The van der Waals surface area contributed by atoms with Crippen LogP contribution in [-0.2, 0) is 10.3 Å². The number of imide groups is 1. The van der Waals surface area contributed by atoms with Crippen molar-refractivity contribution in [1.82, 2.24) is 10.2 Å². The van der Waals surface area contributed by atoms with Crippen LogP contribution in [0.4, 0.5) is 13.6 Å². The molecule has 5 nitrogen and oxygen atoms in total. The minimum Gasteiger partial charge on any atom is -0.492 e. The molecule has 1 heterocycles. The number of amides is 3. The summed E-state index contributed by atoms with van der Waals surface area (Å²) in [5, 5.41) is 2.72. The number of nitrogens with one attached hydrogen (secondary N) is 1. The summed E-state index contributed by atoms with van der Waals surface area (Å²) in [6.45, 7) is 1.90. The Morgan fingerprint density at radius 1 is 1.00 bits per heavy atom. The molecule has 1 aliphatic rings. The molecule has 26 heavy (non-hydrogen) atoms. The van der Waals surface area contributed by atoms with Gasteiger partial charge in [0.05, 0.1) is 6.54 Å². The quantitative estimate of drug-likeness (QED) is 0.805. The van der Waals surface area contributed by atoms with Crippen LogP contribution >= 0.6 is 0 Å². The third-order valence-corrected chi connectivity index (χ3v) is 4.44. The van der Waals surface area contributed by atoms with Crippen molar-refractivity contribution in [3.8, 4) is 5.75 Å². The Hall–Kier alpha value is -2.96. The van der Waals surface area contributed by atoms with E-state index < -0.39 is 23.3 Å². The molecular formula is C19H18F2N2O3. The van der Waals surface area contributed by atoms with Gasteiger partial charge < -0.3 is 10.1 Å². The molecule has 7 heteroatoms. The lowest BCUT2D eigenvalue weighted by Gasteiger charge is -2.25. The van der Waals surface area contributed by atoms with Crippen molar-refractivity contribution in [2.75, 3.05) is 13.2 Å². The lowest BCUT2D eigenvalue weighted by molar-refractivity contribution is -0.132. The van der Waals surface area contributed by atoms with Crippen LogP contribution in [0.15, 0.2) is 48.5 Å². The minimum absolute atomic E-state index is 0.0466. The van der Waals surface area contributed by atoms with Crippen LogP contribution in [0, 0.1) is 11.6 Å². The highest BCUT2D eigenvalue weighted by Crippen LogP contribution is 2.32. The van der Waals surface area contributed by atoms with Crippen LogP contribution in [0.3, 0.4) is 0 Å². The van der Waals surface area contributed by atoms with E-state index in [-0.39, 0.29) is 19.0 Å². The van der Waals surface area contributed by atoms with Gasteiger partial charge in [-0.2, -0.15) is 0 Å². The fourth-order valence-electron chi connectivity index (χ4n) is 2.99. The first-order valence-electron chi connectivity index (χ1n) is 8.25. The highest BCUT2D eigenvalue weighted by atomic mass is 19.1. The number of urea groups is 1. The molecule has 1 fully saturated rings. The van der Waals surface area contributed by atoms with E-state index in [0.29, 0.717) is 17.7 Å². The summed E-state index contributed by atoms with van der Waals surface area (Å²) in [4.78, 5) is 26.3. The molecule has 1 N–H and O–H groups in total. The molecule has 1 aliphatic heterocycles. The maximum Gasteiger partial charge on any atom is 0.325 e. The summed E-state index contributed by atoms with van der Waals surface area (Å²) in [7, 11) is 0. The van der Waals surface area contributed by atoms with Gasteiger partial charge >= 0.3 is 6.03 Å². The van der Waals surface area contributed by atoms with Gasteiger partial charge in [-0.1, -0.05) is 19.1 Å². The standard InChI is InChI=1S/C19H18F2N2O3/c1-2-19(13-3-5-14(20)6-4-13)17(24)23(18(25)22-19)11-12-26-16-9-7-15(21)8-10-16/h3-10H,2,11-12H2,1H3,(H,22,25)/t19-/m0/s1. The lowest BCUT2D eigenvalue weighted by Crippen LogP contribution is -2.43. The summed E-state index contributed by atoms with van der Waals surface area (Å²) >= 11 is 0. The molecule has 0 bridgehead atoms. The zero-order valence-corrected chi connectivity index (χ0v) is 14.2. The Balaban J connectivity index is 1.71. The van der Waals surface area contributed by atoms with E-state index in [4.69, 9.17) is 4.74 Å². The number of benzene rings is 2. The maximum absolute atomic E-state index is 13.2. The average molecular weight is 360 g/mol. The molecule has 3 rings (SSSR count). The normalized spacial score (nSPS) is 19.6. The van der Waals surface area contributed by atoms with Gasteiger partial charge in [0, 0.05) is 0 Å². The summed E-state index contributed by atoms with van der Waals surface area (Å²) in [6.07, 6.45) is 0.332. The SMILES string of the molecule is CC[C@@]1(c2ccc(F)cc2)NC(=O)N(CCOc2ccc(F)cc2)C1=O. The highest BCUT2D eigenvalue weighted by molar-refractivity contribution is 6.07. The van der Waals surface area contributed by atoms with E-state index in [1.165, 1.54) is 48.5 Å². The molecule has 0 aromatic heterocycles. The van der Waals surface area contributed by atoms with Crippen molar-refractivity contribution in [3.05, 3.63) is 65.7 Å². The Bertz CT molecular complexity index is 809.